The summed E-state index contributed by atoms with van der Waals surface area (Å²) in [5, 5.41) is 3.29. The highest BCUT2D eigenvalue weighted by Gasteiger charge is 2.43. The normalized spacial score (nSPS) is 21.2. The van der Waals surface area contributed by atoms with Gasteiger partial charge in [0.15, 0.2) is 11.5 Å². The molecule has 0 amide bonds. The lowest BCUT2D eigenvalue weighted by Crippen LogP contribution is -2.27. The van der Waals surface area contributed by atoms with Crippen LogP contribution >= 0.6 is 0 Å². The van der Waals surface area contributed by atoms with E-state index in [1.807, 2.05) is 0 Å². The molecule has 0 spiro atoms. The lowest BCUT2D eigenvalue weighted by atomic mass is 10.2. The van der Waals surface area contributed by atoms with Gasteiger partial charge in [0.2, 0.25) is 0 Å². The first-order valence-electron chi connectivity index (χ1n) is 6.23. The van der Waals surface area contributed by atoms with E-state index in [9.17, 15) is 8.78 Å². The van der Waals surface area contributed by atoms with Gasteiger partial charge >= 0.3 is 6.29 Å². The van der Waals surface area contributed by atoms with E-state index in [4.69, 9.17) is 4.74 Å². The molecule has 1 atom stereocenters. The standard InChI is InChI=1S/C13H15F2NO3/c1-17-7-10(8-2-3-8)16-9-4-5-11-12(6-9)19-13(14,15)18-11/h4-6,8,10,16H,2-3,7H2,1H3. The van der Waals surface area contributed by atoms with Gasteiger partial charge < -0.3 is 19.5 Å². The SMILES string of the molecule is COCC(Nc1ccc2c(c1)OC(F)(F)O2)C1CC1. The summed E-state index contributed by atoms with van der Waals surface area (Å²) in [5.74, 6) is 0.707. The van der Waals surface area contributed by atoms with Crippen molar-refractivity contribution in [2.24, 2.45) is 5.92 Å². The molecule has 19 heavy (non-hydrogen) atoms. The Balaban J connectivity index is 1.72. The molecule has 1 fully saturated rings. The highest BCUT2D eigenvalue weighted by atomic mass is 19.3. The van der Waals surface area contributed by atoms with E-state index < -0.39 is 6.29 Å². The highest BCUT2D eigenvalue weighted by molar-refractivity contribution is 5.56. The van der Waals surface area contributed by atoms with Crippen LogP contribution in [-0.2, 0) is 4.74 Å². The van der Waals surface area contributed by atoms with Crippen LogP contribution in [0.5, 0.6) is 11.5 Å². The van der Waals surface area contributed by atoms with E-state index >= 15 is 0 Å². The number of rotatable bonds is 5. The topological polar surface area (TPSA) is 39.7 Å². The molecule has 1 heterocycles. The van der Waals surface area contributed by atoms with Crippen molar-refractivity contribution in [2.75, 3.05) is 19.0 Å². The number of ether oxygens (including phenoxy) is 3. The quantitative estimate of drug-likeness (QED) is 0.894. The fraction of sp³-hybridized carbons (Fsp3) is 0.538. The first-order valence-corrected chi connectivity index (χ1v) is 6.23. The third-order valence-electron chi connectivity index (χ3n) is 3.29. The summed E-state index contributed by atoms with van der Waals surface area (Å²) in [6.07, 6.45) is -1.23. The van der Waals surface area contributed by atoms with Crippen molar-refractivity contribution in [1.82, 2.24) is 0 Å². The molecule has 3 rings (SSSR count). The summed E-state index contributed by atoms with van der Waals surface area (Å²) in [4.78, 5) is 0. The van der Waals surface area contributed by atoms with Crippen molar-refractivity contribution >= 4 is 5.69 Å². The van der Waals surface area contributed by atoms with Crippen molar-refractivity contribution in [3.8, 4) is 11.5 Å². The Kier molecular flexibility index (Phi) is 2.97. The molecule has 0 bridgehead atoms. The van der Waals surface area contributed by atoms with Crippen LogP contribution in [0.2, 0.25) is 0 Å². The fourth-order valence-electron chi connectivity index (χ4n) is 2.23. The molecule has 6 heteroatoms. The molecule has 104 valence electrons. The van der Waals surface area contributed by atoms with Crippen LogP contribution in [-0.4, -0.2) is 26.1 Å². The molecular weight excluding hydrogens is 256 g/mol. The molecule has 1 unspecified atom stereocenters. The monoisotopic (exact) mass is 271 g/mol. The number of benzene rings is 1. The summed E-state index contributed by atoms with van der Waals surface area (Å²) in [7, 11) is 1.65. The molecule has 1 aromatic rings. The van der Waals surface area contributed by atoms with Gasteiger partial charge in [-0.25, -0.2) is 0 Å². The van der Waals surface area contributed by atoms with Crippen LogP contribution in [0.1, 0.15) is 12.8 Å². The minimum Gasteiger partial charge on any atom is -0.395 e. The van der Waals surface area contributed by atoms with Gasteiger partial charge in [0, 0.05) is 18.9 Å². The molecule has 1 N–H and O–H groups in total. The summed E-state index contributed by atoms with van der Waals surface area (Å²) >= 11 is 0. The van der Waals surface area contributed by atoms with Gasteiger partial charge in [0.1, 0.15) is 0 Å². The number of fused-ring (bicyclic) bond motifs is 1. The number of alkyl halides is 2. The second-order valence-electron chi connectivity index (χ2n) is 4.87. The Morgan fingerprint density at radius 1 is 1.37 bits per heavy atom. The average Bonchev–Trinajstić information content (AvgIpc) is 3.11. The summed E-state index contributed by atoms with van der Waals surface area (Å²) in [5.41, 5.74) is 0.731. The van der Waals surface area contributed by atoms with Gasteiger partial charge in [-0.2, -0.15) is 0 Å². The predicted molar refractivity (Wildman–Crippen MR) is 64.7 cm³/mol. The van der Waals surface area contributed by atoms with E-state index in [1.54, 1.807) is 13.2 Å². The highest BCUT2D eigenvalue weighted by Crippen LogP contribution is 2.43. The number of halogens is 2. The maximum absolute atomic E-state index is 12.9. The lowest BCUT2D eigenvalue weighted by molar-refractivity contribution is -0.286. The molecule has 1 aliphatic carbocycles. The Labute approximate surface area is 109 Å². The maximum Gasteiger partial charge on any atom is 0.586 e. The summed E-state index contributed by atoms with van der Waals surface area (Å²) in [6, 6.07) is 4.91. The molecule has 0 radical (unpaired) electrons. The van der Waals surface area contributed by atoms with Crippen LogP contribution in [0.25, 0.3) is 0 Å². The number of hydrogen-bond acceptors (Lipinski definition) is 4. The van der Waals surface area contributed by atoms with Crippen molar-refractivity contribution in [3.05, 3.63) is 18.2 Å². The molecule has 1 saturated carbocycles. The zero-order valence-corrected chi connectivity index (χ0v) is 10.5. The maximum atomic E-state index is 12.9. The Morgan fingerprint density at radius 3 is 2.79 bits per heavy atom. The molecular formula is C13H15F2NO3. The Bertz CT molecular complexity index is 477. The van der Waals surface area contributed by atoms with E-state index in [1.165, 1.54) is 25.0 Å². The van der Waals surface area contributed by atoms with Crippen LogP contribution in [0, 0.1) is 5.92 Å². The van der Waals surface area contributed by atoms with Crippen molar-refractivity contribution in [3.63, 3.8) is 0 Å². The third-order valence-corrected chi connectivity index (χ3v) is 3.29. The summed E-state index contributed by atoms with van der Waals surface area (Å²) < 4.78 is 39.8. The Morgan fingerprint density at radius 2 is 2.11 bits per heavy atom. The van der Waals surface area contributed by atoms with Crippen LogP contribution < -0.4 is 14.8 Å². The largest absolute Gasteiger partial charge is 0.586 e. The van der Waals surface area contributed by atoms with Crippen LogP contribution in [0.15, 0.2) is 18.2 Å². The van der Waals surface area contributed by atoms with Gasteiger partial charge in [-0.1, -0.05) is 0 Å². The van der Waals surface area contributed by atoms with Crippen molar-refractivity contribution in [2.45, 2.75) is 25.2 Å². The van der Waals surface area contributed by atoms with E-state index in [0.717, 1.165) is 5.69 Å². The van der Waals surface area contributed by atoms with Crippen LogP contribution in [0.4, 0.5) is 14.5 Å². The molecule has 0 aromatic heterocycles. The van der Waals surface area contributed by atoms with E-state index in [0.29, 0.717) is 12.5 Å². The smallest absolute Gasteiger partial charge is 0.395 e. The van der Waals surface area contributed by atoms with E-state index in [2.05, 4.69) is 14.8 Å². The first-order chi connectivity index (χ1) is 9.07. The molecule has 1 aromatic carbocycles. The van der Waals surface area contributed by atoms with Gasteiger partial charge in [-0.3, -0.25) is 0 Å². The zero-order valence-electron chi connectivity index (χ0n) is 10.5. The van der Waals surface area contributed by atoms with Gasteiger partial charge in [0.25, 0.3) is 0 Å². The number of nitrogens with one attached hydrogen (secondary N) is 1. The first kappa shape index (κ1) is 12.5. The minimum absolute atomic E-state index is 0.0574. The van der Waals surface area contributed by atoms with Crippen molar-refractivity contribution in [1.29, 1.82) is 0 Å². The number of hydrogen-bond donors (Lipinski definition) is 1. The molecule has 0 saturated heterocycles. The lowest BCUT2D eigenvalue weighted by Gasteiger charge is -2.18. The van der Waals surface area contributed by atoms with Gasteiger partial charge in [-0.15, -0.1) is 8.78 Å². The molecule has 4 nitrogen and oxygen atoms in total. The third kappa shape index (κ3) is 2.73. The number of anilines is 1. The van der Waals surface area contributed by atoms with E-state index in [-0.39, 0.29) is 17.5 Å². The molecule has 1 aliphatic heterocycles. The predicted octanol–water partition coefficient (Wildman–Crippen LogP) is 2.85. The summed E-state index contributed by atoms with van der Waals surface area (Å²) in [6.45, 7) is 0.593. The number of methoxy groups -OCH3 is 1. The second kappa shape index (κ2) is 4.52. The second-order valence-corrected chi connectivity index (χ2v) is 4.87. The zero-order chi connectivity index (χ0) is 13.5. The Hall–Kier alpha value is -1.56. The average molecular weight is 271 g/mol. The fourth-order valence-corrected chi connectivity index (χ4v) is 2.23. The van der Waals surface area contributed by atoms with Gasteiger partial charge in [-0.05, 0) is 30.9 Å². The van der Waals surface area contributed by atoms with Crippen molar-refractivity contribution < 1.29 is 23.0 Å². The van der Waals surface area contributed by atoms with Gasteiger partial charge in [0.05, 0.1) is 12.6 Å². The minimum atomic E-state index is -3.57. The molecule has 2 aliphatic rings. The van der Waals surface area contributed by atoms with Crippen LogP contribution in [0.3, 0.4) is 0 Å².